The fourth-order valence-corrected chi connectivity index (χ4v) is 4.05. The average Bonchev–Trinajstić information content (AvgIpc) is 2.68. The Morgan fingerprint density at radius 3 is 2.62 bits per heavy atom. The van der Waals surface area contributed by atoms with E-state index in [4.69, 9.17) is 16.6 Å². The zero-order valence-corrected chi connectivity index (χ0v) is 17.2. The Kier molecular flexibility index (Phi) is 5.24. The largest absolute Gasteiger partial charge is 0.326 e. The molecular formula is C23H22ClN3O2. The fraction of sp³-hybridized carbons (Fsp3) is 0.261. The fourth-order valence-electron chi connectivity index (χ4n) is 3.88. The topological polar surface area (TPSA) is 71.1 Å². The molecule has 3 aromatic rings. The number of carbonyl (C=O) groups excluding carboxylic acids is 2. The Morgan fingerprint density at radius 2 is 1.83 bits per heavy atom. The molecule has 1 aliphatic rings. The molecule has 0 bridgehead atoms. The summed E-state index contributed by atoms with van der Waals surface area (Å²) in [5, 5.41) is 6.94. The monoisotopic (exact) mass is 407 g/mol. The first-order chi connectivity index (χ1) is 13.9. The molecule has 1 aliphatic carbocycles. The van der Waals surface area contributed by atoms with E-state index in [0.717, 1.165) is 53.4 Å². The number of nitrogens with one attached hydrogen (secondary N) is 2. The van der Waals surface area contributed by atoms with Gasteiger partial charge in [0.1, 0.15) is 0 Å². The van der Waals surface area contributed by atoms with E-state index in [9.17, 15) is 9.59 Å². The number of rotatable bonds is 3. The van der Waals surface area contributed by atoms with Crippen LogP contribution in [-0.2, 0) is 17.6 Å². The number of fused-ring (bicyclic) bond motifs is 2. The zero-order valence-electron chi connectivity index (χ0n) is 16.4. The number of hydrogen-bond acceptors (Lipinski definition) is 3. The maximum atomic E-state index is 13.4. The molecule has 4 rings (SSSR count). The molecule has 2 N–H and O–H groups in total. The molecule has 5 nitrogen and oxygen atoms in total. The molecule has 0 unspecified atom stereocenters. The van der Waals surface area contributed by atoms with Crippen LogP contribution in [0.3, 0.4) is 0 Å². The highest BCUT2D eigenvalue weighted by atomic mass is 35.5. The minimum atomic E-state index is -0.206. The van der Waals surface area contributed by atoms with E-state index in [1.54, 1.807) is 18.2 Å². The van der Waals surface area contributed by atoms with Crippen molar-refractivity contribution in [1.82, 2.24) is 4.98 Å². The molecule has 2 amide bonds. The van der Waals surface area contributed by atoms with Crippen molar-refractivity contribution >= 4 is 45.7 Å². The molecule has 0 fully saturated rings. The molecule has 148 valence electrons. The number of benzene rings is 2. The summed E-state index contributed by atoms with van der Waals surface area (Å²) >= 11 is 6.31. The molecule has 0 saturated carbocycles. The second kappa shape index (κ2) is 7.84. The highest BCUT2D eigenvalue weighted by molar-refractivity contribution is 6.34. The van der Waals surface area contributed by atoms with Crippen molar-refractivity contribution in [3.63, 3.8) is 0 Å². The van der Waals surface area contributed by atoms with Gasteiger partial charge in [0.2, 0.25) is 5.91 Å². The van der Waals surface area contributed by atoms with Crippen LogP contribution in [0.2, 0.25) is 5.02 Å². The minimum absolute atomic E-state index is 0.186. The summed E-state index contributed by atoms with van der Waals surface area (Å²) in [5.41, 5.74) is 5.67. The maximum absolute atomic E-state index is 13.4. The van der Waals surface area contributed by atoms with E-state index >= 15 is 0 Å². The number of aromatic nitrogens is 1. The first-order valence-corrected chi connectivity index (χ1v) is 10.1. The summed E-state index contributed by atoms with van der Waals surface area (Å²) in [7, 11) is 0. The molecular weight excluding hydrogens is 386 g/mol. The molecule has 0 aliphatic heterocycles. The van der Waals surface area contributed by atoms with Gasteiger partial charge in [0.05, 0.1) is 21.8 Å². The Bertz CT molecular complexity index is 1140. The zero-order chi connectivity index (χ0) is 20.5. The lowest BCUT2D eigenvalue weighted by Crippen LogP contribution is -2.19. The Hall–Kier alpha value is -2.92. The molecule has 29 heavy (non-hydrogen) atoms. The first-order valence-electron chi connectivity index (χ1n) is 9.73. The lowest BCUT2D eigenvalue weighted by atomic mass is 9.89. The predicted octanol–water partition coefficient (Wildman–Crippen LogP) is 5.29. The number of aryl methyl sites for hydroxylation is 2. The van der Waals surface area contributed by atoms with Crippen LogP contribution < -0.4 is 10.6 Å². The third-order valence-electron chi connectivity index (χ3n) is 5.18. The number of hydrogen-bond donors (Lipinski definition) is 2. The van der Waals surface area contributed by atoms with Gasteiger partial charge in [-0.15, -0.1) is 0 Å². The number of carbonyl (C=O) groups is 2. The molecule has 0 spiro atoms. The molecule has 6 heteroatoms. The summed E-state index contributed by atoms with van der Waals surface area (Å²) in [6, 6.07) is 11.0. The van der Waals surface area contributed by atoms with Crippen molar-refractivity contribution in [1.29, 1.82) is 0 Å². The van der Waals surface area contributed by atoms with Crippen LogP contribution in [0.1, 0.15) is 46.9 Å². The number of nitrogens with zero attached hydrogens (tertiary/aromatic N) is 1. The van der Waals surface area contributed by atoms with Crippen LogP contribution in [0.5, 0.6) is 0 Å². The normalized spacial score (nSPS) is 13.1. The molecule has 2 aromatic carbocycles. The number of pyridine rings is 1. The third-order valence-corrected chi connectivity index (χ3v) is 5.51. The predicted molar refractivity (Wildman–Crippen MR) is 117 cm³/mol. The van der Waals surface area contributed by atoms with Crippen LogP contribution in [0.4, 0.5) is 11.4 Å². The van der Waals surface area contributed by atoms with Gasteiger partial charge in [-0.3, -0.25) is 14.6 Å². The highest BCUT2D eigenvalue weighted by Crippen LogP contribution is 2.32. The Balaban J connectivity index is 1.79. The van der Waals surface area contributed by atoms with Crippen molar-refractivity contribution in [3.05, 3.63) is 63.8 Å². The highest BCUT2D eigenvalue weighted by Gasteiger charge is 2.23. The second-order valence-corrected chi connectivity index (χ2v) is 7.88. The van der Waals surface area contributed by atoms with Crippen LogP contribution in [0.25, 0.3) is 10.9 Å². The van der Waals surface area contributed by atoms with Crippen molar-refractivity contribution in [2.24, 2.45) is 0 Å². The van der Waals surface area contributed by atoms with Gasteiger partial charge >= 0.3 is 0 Å². The van der Waals surface area contributed by atoms with Gasteiger partial charge in [-0.25, -0.2) is 0 Å². The summed E-state index contributed by atoms with van der Waals surface area (Å²) in [6.07, 6.45) is 3.86. The van der Waals surface area contributed by atoms with E-state index in [-0.39, 0.29) is 11.8 Å². The van der Waals surface area contributed by atoms with Crippen LogP contribution in [0.15, 0.2) is 36.4 Å². The van der Waals surface area contributed by atoms with E-state index < -0.39 is 0 Å². The van der Waals surface area contributed by atoms with E-state index in [1.165, 1.54) is 6.92 Å². The summed E-state index contributed by atoms with van der Waals surface area (Å²) in [4.78, 5) is 29.6. The van der Waals surface area contributed by atoms with Gasteiger partial charge in [-0.1, -0.05) is 23.2 Å². The average molecular weight is 408 g/mol. The lowest BCUT2D eigenvalue weighted by Gasteiger charge is -2.21. The number of amides is 2. The van der Waals surface area contributed by atoms with Crippen LogP contribution in [-0.4, -0.2) is 16.8 Å². The Labute approximate surface area is 174 Å². The van der Waals surface area contributed by atoms with Gasteiger partial charge in [-0.2, -0.15) is 0 Å². The molecule has 0 saturated heterocycles. The molecule has 0 atom stereocenters. The van der Waals surface area contributed by atoms with Gasteiger partial charge in [0.25, 0.3) is 5.91 Å². The van der Waals surface area contributed by atoms with E-state index in [2.05, 4.69) is 10.6 Å². The van der Waals surface area contributed by atoms with Crippen molar-refractivity contribution in [2.45, 2.75) is 39.5 Å². The van der Waals surface area contributed by atoms with Crippen molar-refractivity contribution in [3.8, 4) is 0 Å². The van der Waals surface area contributed by atoms with Gasteiger partial charge in [0.15, 0.2) is 0 Å². The third kappa shape index (κ3) is 3.96. The van der Waals surface area contributed by atoms with Gasteiger partial charge in [0, 0.05) is 23.7 Å². The standard InChI is InChI=1S/C23H22ClN3O2/c1-13-7-10-20-17(11-13)22(16-5-3-4-6-19(16)26-20)23(29)27-21-12-15(25-14(2)28)8-9-18(21)24/h7-12H,3-6H2,1-2H3,(H,25,28)(H,27,29). The quantitative estimate of drug-likeness (QED) is 0.620. The first kappa shape index (κ1) is 19.4. The van der Waals surface area contributed by atoms with E-state index in [0.29, 0.717) is 22.0 Å². The summed E-state index contributed by atoms with van der Waals surface area (Å²) in [6.45, 7) is 3.44. The Morgan fingerprint density at radius 1 is 1.03 bits per heavy atom. The van der Waals surface area contributed by atoms with Gasteiger partial charge < -0.3 is 10.6 Å². The second-order valence-electron chi connectivity index (χ2n) is 7.47. The molecule has 1 aromatic heterocycles. The SMILES string of the molecule is CC(=O)Nc1ccc(Cl)c(NC(=O)c2c3c(nc4ccc(C)cc24)CCCC3)c1. The number of halogens is 1. The molecule has 0 radical (unpaired) electrons. The van der Waals surface area contributed by atoms with E-state index in [1.807, 2.05) is 25.1 Å². The van der Waals surface area contributed by atoms with Crippen molar-refractivity contribution in [2.75, 3.05) is 10.6 Å². The number of anilines is 2. The smallest absolute Gasteiger partial charge is 0.256 e. The van der Waals surface area contributed by atoms with Crippen LogP contribution in [0, 0.1) is 6.92 Å². The van der Waals surface area contributed by atoms with Gasteiger partial charge in [-0.05, 0) is 68.5 Å². The maximum Gasteiger partial charge on any atom is 0.256 e. The summed E-state index contributed by atoms with van der Waals surface area (Å²) in [5.74, 6) is -0.391. The minimum Gasteiger partial charge on any atom is -0.326 e. The summed E-state index contributed by atoms with van der Waals surface area (Å²) < 4.78 is 0. The van der Waals surface area contributed by atoms with Crippen molar-refractivity contribution < 1.29 is 9.59 Å². The van der Waals surface area contributed by atoms with Crippen LogP contribution >= 0.6 is 11.6 Å². The lowest BCUT2D eigenvalue weighted by molar-refractivity contribution is -0.114. The molecule has 1 heterocycles.